The van der Waals surface area contributed by atoms with Crippen molar-refractivity contribution in [2.75, 3.05) is 7.11 Å². The zero-order valence-electron chi connectivity index (χ0n) is 14.0. The van der Waals surface area contributed by atoms with Gasteiger partial charge in [0, 0.05) is 17.0 Å². The van der Waals surface area contributed by atoms with Crippen molar-refractivity contribution in [2.45, 2.75) is 20.4 Å². The van der Waals surface area contributed by atoms with E-state index in [0.29, 0.717) is 28.1 Å². The van der Waals surface area contributed by atoms with Gasteiger partial charge in [-0.1, -0.05) is 11.6 Å². The molecular weight excluding hydrogens is 340 g/mol. The molecule has 1 aromatic carbocycles. The summed E-state index contributed by atoms with van der Waals surface area (Å²) in [5, 5.41) is 14.6. The van der Waals surface area contributed by atoms with Gasteiger partial charge in [-0.15, -0.1) is 0 Å². The predicted molar refractivity (Wildman–Crippen MR) is 95.1 cm³/mol. The average molecular weight is 355 g/mol. The monoisotopic (exact) mass is 354 g/mol. The van der Waals surface area contributed by atoms with Crippen molar-refractivity contribution in [3.63, 3.8) is 0 Å². The molecule has 0 aliphatic heterocycles. The summed E-state index contributed by atoms with van der Waals surface area (Å²) in [6, 6.07) is 9.31. The van der Waals surface area contributed by atoms with Crippen LogP contribution >= 0.6 is 11.6 Å². The van der Waals surface area contributed by atoms with E-state index in [0.717, 1.165) is 5.39 Å². The molecule has 0 saturated carbocycles. The first-order chi connectivity index (χ1) is 11.9. The average Bonchev–Trinajstić information content (AvgIpc) is 2.60. The van der Waals surface area contributed by atoms with Crippen molar-refractivity contribution >= 4 is 22.5 Å². The lowest BCUT2D eigenvalue weighted by Gasteiger charge is -2.11. The molecule has 7 heteroatoms. The second-order valence-electron chi connectivity index (χ2n) is 5.66. The van der Waals surface area contributed by atoms with Gasteiger partial charge in [0.2, 0.25) is 0 Å². The van der Waals surface area contributed by atoms with E-state index in [1.807, 2.05) is 24.3 Å². The van der Waals surface area contributed by atoms with Gasteiger partial charge < -0.3 is 4.74 Å². The molecular formula is C18H15ClN4O2. The third-order valence-corrected chi connectivity index (χ3v) is 4.45. The van der Waals surface area contributed by atoms with Crippen molar-refractivity contribution in [1.29, 1.82) is 5.26 Å². The fraction of sp³-hybridized carbons (Fsp3) is 0.222. The summed E-state index contributed by atoms with van der Waals surface area (Å²) < 4.78 is 6.43. The minimum absolute atomic E-state index is 0.0992. The first-order valence-electron chi connectivity index (χ1n) is 7.56. The number of benzene rings is 1. The van der Waals surface area contributed by atoms with E-state index < -0.39 is 5.56 Å². The number of halogens is 1. The van der Waals surface area contributed by atoms with E-state index in [4.69, 9.17) is 16.3 Å². The van der Waals surface area contributed by atoms with Gasteiger partial charge >= 0.3 is 0 Å². The van der Waals surface area contributed by atoms with E-state index >= 15 is 0 Å². The largest absolute Gasteiger partial charge is 0.497 e. The Morgan fingerprint density at radius 1 is 1.32 bits per heavy atom. The van der Waals surface area contributed by atoms with Crippen LogP contribution in [0.4, 0.5) is 0 Å². The summed E-state index contributed by atoms with van der Waals surface area (Å²) in [5.41, 5.74) is 2.25. The number of aromatic nitrogens is 3. The van der Waals surface area contributed by atoms with Crippen molar-refractivity contribution in [1.82, 2.24) is 14.8 Å². The summed E-state index contributed by atoms with van der Waals surface area (Å²) in [5.74, 6) is 0.689. The van der Waals surface area contributed by atoms with Gasteiger partial charge in [0.1, 0.15) is 22.5 Å². The summed E-state index contributed by atoms with van der Waals surface area (Å²) in [6.07, 6.45) is 0. The fourth-order valence-corrected chi connectivity index (χ4v) is 2.78. The summed E-state index contributed by atoms with van der Waals surface area (Å²) in [4.78, 5) is 16.8. The van der Waals surface area contributed by atoms with Crippen LogP contribution in [0.3, 0.4) is 0 Å². The standard InChI is InChI=1S/C18H15ClN4O2/c1-10-11(2)22-23(18(24)15(10)8-20)9-13-6-12-4-5-14(25-3)7-16(12)21-17(13)19/h4-7H,9H2,1-3H3. The highest BCUT2D eigenvalue weighted by Gasteiger charge is 2.14. The van der Waals surface area contributed by atoms with Crippen LogP contribution in [-0.2, 0) is 6.54 Å². The van der Waals surface area contributed by atoms with Crippen LogP contribution in [0, 0.1) is 25.2 Å². The van der Waals surface area contributed by atoms with E-state index in [1.165, 1.54) is 4.68 Å². The maximum atomic E-state index is 12.4. The normalized spacial score (nSPS) is 10.7. The molecule has 0 bridgehead atoms. The Kier molecular flexibility index (Phi) is 4.43. The minimum Gasteiger partial charge on any atom is -0.497 e. The number of nitriles is 1. The molecule has 0 N–H and O–H groups in total. The first kappa shape index (κ1) is 16.9. The highest BCUT2D eigenvalue weighted by Crippen LogP contribution is 2.24. The van der Waals surface area contributed by atoms with Gasteiger partial charge in [-0.05, 0) is 37.6 Å². The van der Waals surface area contributed by atoms with Crippen LogP contribution in [0.15, 0.2) is 29.1 Å². The Balaban J connectivity index is 2.10. The fourth-order valence-electron chi connectivity index (χ4n) is 2.58. The van der Waals surface area contributed by atoms with Crippen LogP contribution in [0.5, 0.6) is 5.75 Å². The lowest BCUT2D eigenvalue weighted by atomic mass is 10.1. The number of ether oxygens (including phenoxy) is 1. The lowest BCUT2D eigenvalue weighted by Crippen LogP contribution is -2.28. The predicted octanol–water partition coefficient (Wildman–Crippen LogP) is 2.99. The van der Waals surface area contributed by atoms with Crippen LogP contribution in [0.2, 0.25) is 5.15 Å². The number of hydrogen-bond acceptors (Lipinski definition) is 5. The van der Waals surface area contributed by atoms with E-state index in [2.05, 4.69) is 10.1 Å². The van der Waals surface area contributed by atoms with Gasteiger partial charge in [0.25, 0.3) is 5.56 Å². The molecule has 0 saturated heterocycles. The molecule has 0 fully saturated rings. The first-order valence-corrected chi connectivity index (χ1v) is 7.94. The molecule has 6 nitrogen and oxygen atoms in total. The third-order valence-electron chi connectivity index (χ3n) is 4.12. The summed E-state index contributed by atoms with van der Waals surface area (Å²) >= 11 is 6.29. The van der Waals surface area contributed by atoms with Crippen molar-refractivity contribution in [2.24, 2.45) is 0 Å². The van der Waals surface area contributed by atoms with Gasteiger partial charge in [0.15, 0.2) is 0 Å². The Hall–Kier alpha value is -2.91. The highest BCUT2D eigenvalue weighted by atomic mass is 35.5. The Bertz CT molecular complexity index is 1080. The smallest absolute Gasteiger partial charge is 0.285 e. The molecule has 2 aromatic heterocycles. The van der Waals surface area contributed by atoms with E-state index in [1.54, 1.807) is 27.0 Å². The van der Waals surface area contributed by atoms with Crippen LogP contribution in [-0.4, -0.2) is 21.9 Å². The number of aryl methyl sites for hydroxylation is 1. The van der Waals surface area contributed by atoms with E-state index in [-0.39, 0.29) is 17.3 Å². The van der Waals surface area contributed by atoms with Gasteiger partial charge in [-0.2, -0.15) is 10.4 Å². The molecule has 0 aliphatic carbocycles. The van der Waals surface area contributed by atoms with Crippen LogP contribution < -0.4 is 10.3 Å². The van der Waals surface area contributed by atoms with Gasteiger partial charge in [-0.3, -0.25) is 4.79 Å². The molecule has 25 heavy (non-hydrogen) atoms. The van der Waals surface area contributed by atoms with Crippen molar-refractivity contribution < 1.29 is 4.74 Å². The molecule has 3 aromatic rings. The highest BCUT2D eigenvalue weighted by molar-refractivity contribution is 6.30. The Morgan fingerprint density at radius 3 is 2.76 bits per heavy atom. The molecule has 0 aliphatic rings. The molecule has 3 rings (SSSR count). The molecule has 126 valence electrons. The molecule has 0 unspecified atom stereocenters. The number of rotatable bonds is 3. The molecule has 0 radical (unpaired) electrons. The number of fused-ring (bicyclic) bond motifs is 1. The van der Waals surface area contributed by atoms with Crippen LogP contribution in [0.1, 0.15) is 22.4 Å². The number of nitrogens with zero attached hydrogens (tertiary/aromatic N) is 4. The van der Waals surface area contributed by atoms with Crippen molar-refractivity contribution in [3.8, 4) is 11.8 Å². The molecule has 0 atom stereocenters. The third kappa shape index (κ3) is 3.06. The minimum atomic E-state index is -0.434. The molecule has 0 amide bonds. The maximum Gasteiger partial charge on any atom is 0.285 e. The Labute approximate surface area is 149 Å². The SMILES string of the molecule is COc1ccc2cc(Cn3nc(C)c(C)c(C#N)c3=O)c(Cl)nc2c1. The second kappa shape index (κ2) is 6.54. The van der Waals surface area contributed by atoms with Gasteiger partial charge in [0.05, 0.1) is 24.9 Å². The van der Waals surface area contributed by atoms with Crippen LogP contribution in [0.25, 0.3) is 10.9 Å². The number of hydrogen-bond donors (Lipinski definition) is 0. The van der Waals surface area contributed by atoms with Gasteiger partial charge in [-0.25, -0.2) is 9.67 Å². The molecule has 0 spiro atoms. The second-order valence-corrected chi connectivity index (χ2v) is 6.01. The number of pyridine rings is 1. The quantitative estimate of drug-likeness (QED) is 0.675. The van der Waals surface area contributed by atoms with Crippen molar-refractivity contribution in [3.05, 3.63) is 62.2 Å². The van der Waals surface area contributed by atoms with E-state index in [9.17, 15) is 10.1 Å². The lowest BCUT2D eigenvalue weighted by molar-refractivity contribution is 0.415. The Morgan fingerprint density at radius 2 is 2.08 bits per heavy atom. The zero-order valence-corrected chi connectivity index (χ0v) is 14.8. The zero-order chi connectivity index (χ0) is 18.1. The summed E-state index contributed by atoms with van der Waals surface area (Å²) in [6.45, 7) is 3.62. The number of methoxy groups -OCH3 is 1. The maximum absolute atomic E-state index is 12.4. The topological polar surface area (TPSA) is 80.8 Å². The molecule has 2 heterocycles. The summed E-state index contributed by atoms with van der Waals surface area (Å²) in [7, 11) is 1.59.